The van der Waals surface area contributed by atoms with Gasteiger partial charge in [-0.25, -0.2) is 23.3 Å². The Morgan fingerprint density at radius 2 is 1.76 bits per heavy atom. The van der Waals surface area contributed by atoms with Crippen molar-refractivity contribution in [1.29, 1.82) is 0 Å². The monoisotopic (exact) mass is 431 g/mol. The molecule has 1 amide bonds. The molecular formula is C19H17N3O5S2. The highest BCUT2D eigenvalue weighted by atomic mass is 32.2. The van der Waals surface area contributed by atoms with E-state index in [-0.39, 0.29) is 10.6 Å². The number of aromatic nitrogens is 1. The Bertz CT molecular complexity index is 1130. The van der Waals surface area contributed by atoms with Crippen molar-refractivity contribution < 1.29 is 22.7 Å². The summed E-state index contributed by atoms with van der Waals surface area (Å²) in [7, 11) is -3.82. The predicted octanol–water partition coefficient (Wildman–Crippen LogP) is 2.64. The van der Waals surface area contributed by atoms with Crippen molar-refractivity contribution in [3.63, 3.8) is 0 Å². The fourth-order valence-electron chi connectivity index (χ4n) is 2.33. The van der Waals surface area contributed by atoms with Gasteiger partial charge < -0.3 is 10.1 Å². The number of thiazole rings is 1. The molecule has 0 radical (unpaired) electrons. The molecule has 0 aliphatic carbocycles. The minimum atomic E-state index is -3.82. The first kappa shape index (κ1) is 20.6. The van der Waals surface area contributed by atoms with Crippen molar-refractivity contribution in [2.24, 2.45) is 5.14 Å². The molecule has 10 heteroatoms. The SMILES string of the molecule is C[C@@H](OC(=O)c1csc(-c2ccccc2)n1)C(=O)Nc1ccc(S(N)(=O)=O)cc1. The lowest BCUT2D eigenvalue weighted by atomic mass is 10.2. The van der Waals surface area contributed by atoms with Gasteiger partial charge in [0.25, 0.3) is 5.91 Å². The van der Waals surface area contributed by atoms with E-state index >= 15 is 0 Å². The molecule has 1 heterocycles. The quantitative estimate of drug-likeness (QED) is 0.577. The van der Waals surface area contributed by atoms with Crippen LogP contribution in [0.25, 0.3) is 10.6 Å². The third-order valence-electron chi connectivity index (χ3n) is 3.84. The van der Waals surface area contributed by atoms with E-state index in [1.165, 1.54) is 42.5 Å². The number of nitrogens with zero attached hydrogens (tertiary/aromatic N) is 1. The summed E-state index contributed by atoms with van der Waals surface area (Å²) in [6, 6.07) is 14.7. The van der Waals surface area contributed by atoms with E-state index in [0.717, 1.165) is 5.56 Å². The zero-order valence-corrected chi connectivity index (χ0v) is 16.9. The topological polar surface area (TPSA) is 128 Å². The maximum Gasteiger partial charge on any atom is 0.358 e. The van der Waals surface area contributed by atoms with Crippen LogP contribution in [-0.4, -0.2) is 31.4 Å². The fraction of sp³-hybridized carbons (Fsp3) is 0.105. The molecule has 0 aliphatic heterocycles. The number of nitrogens with one attached hydrogen (secondary N) is 1. The number of nitrogens with two attached hydrogens (primary N) is 1. The van der Waals surface area contributed by atoms with Crippen molar-refractivity contribution in [2.75, 3.05) is 5.32 Å². The van der Waals surface area contributed by atoms with Gasteiger partial charge in [0.15, 0.2) is 11.8 Å². The summed E-state index contributed by atoms with van der Waals surface area (Å²) < 4.78 is 27.7. The van der Waals surface area contributed by atoms with E-state index in [1.54, 1.807) is 5.38 Å². The van der Waals surface area contributed by atoms with E-state index in [2.05, 4.69) is 10.3 Å². The van der Waals surface area contributed by atoms with Crippen molar-refractivity contribution >= 4 is 38.9 Å². The van der Waals surface area contributed by atoms with E-state index in [4.69, 9.17) is 9.88 Å². The van der Waals surface area contributed by atoms with Crippen LogP contribution in [0.3, 0.4) is 0 Å². The van der Waals surface area contributed by atoms with Crippen LogP contribution in [0.1, 0.15) is 17.4 Å². The third-order valence-corrected chi connectivity index (χ3v) is 5.66. The lowest BCUT2D eigenvalue weighted by Gasteiger charge is -2.13. The van der Waals surface area contributed by atoms with Crippen LogP contribution in [0.4, 0.5) is 5.69 Å². The number of amides is 1. The summed E-state index contributed by atoms with van der Waals surface area (Å²) in [5, 5.41) is 9.81. The standard InChI is InChI=1S/C19H17N3O5S2/c1-12(17(23)21-14-7-9-15(10-8-14)29(20,25)26)27-19(24)16-11-28-18(22-16)13-5-3-2-4-6-13/h2-12H,1H3,(H,21,23)(H2,20,25,26)/t12-/m1/s1. The van der Waals surface area contributed by atoms with Crippen LogP contribution in [0.5, 0.6) is 0 Å². The molecule has 0 saturated carbocycles. The van der Waals surface area contributed by atoms with Crippen LogP contribution in [-0.2, 0) is 19.6 Å². The van der Waals surface area contributed by atoms with Crippen LogP contribution in [0.15, 0.2) is 64.9 Å². The van der Waals surface area contributed by atoms with E-state index in [9.17, 15) is 18.0 Å². The largest absolute Gasteiger partial charge is 0.448 e. The van der Waals surface area contributed by atoms with Crippen LogP contribution >= 0.6 is 11.3 Å². The smallest absolute Gasteiger partial charge is 0.358 e. The molecule has 0 spiro atoms. The molecular weight excluding hydrogens is 414 g/mol. The number of ether oxygens (including phenoxy) is 1. The highest BCUT2D eigenvalue weighted by molar-refractivity contribution is 7.89. The highest BCUT2D eigenvalue weighted by Crippen LogP contribution is 2.23. The first-order chi connectivity index (χ1) is 13.7. The Balaban J connectivity index is 1.61. The molecule has 8 nitrogen and oxygen atoms in total. The fourth-order valence-corrected chi connectivity index (χ4v) is 3.64. The van der Waals surface area contributed by atoms with Gasteiger partial charge in [0.1, 0.15) is 5.01 Å². The van der Waals surface area contributed by atoms with Gasteiger partial charge in [-0.2, -0.15) is 0 Å². The molecule has 29 heavy (non-hydrogen) atoms. The predicted molar refractivity (Wildman–Crippen MR) is 109 cm³/mol. The van der Waals surface area contributed by atoms with Crippen molar-refractivity contribution in [3.05, 3.63) is 65.7 Å². The third kappa shape index (κ3) is 5.25. The van der Waals surface area contributed by atoms with Gasteiger partial charge in [0.05, 0.1) is 4.90 Å². The molecule has 2 aromatic carbocycles. The number of sulfonamides is 1. The van der Waals surface area contributed by atoms with Gasteiger partial charge in [-0.1, -0.05) is 30.3 Å². The number of esters is 1. The maximum absolute atomic E-state index is 12.3. The zero-order valence-electron chi connectivity index (χ0n) is 15.2. The van der Waals surface area contributed by atoms with E-state index < -0.39 is 28.0 Å². The van der Waals surface area contributed by atoms with Gasteiger partial charge in [0.2, 0.25) is 10.0 Å². The molecule has 0 fully saturated rings. The van der Waals surface area contributed by atoms with Crippen molar-refractivity contribution in [3.8, 4) is 10.6 Å². The molecule has 0 unspecified atom stereocenters. The first-order valence-corrected chi connectivity index (χ1v) is 10.8. The number of carbonyl (C=O) groups is 2. The Kier molecular flexibility index (Phi) is 6.06. The summed E-state index contributed by atoms with van der Waals surface area (Å²) in [5.41, 5.74) is 1.33. The summed E-state index contributed by atoms with van der Waals surface area (Å²) in [5.74, 6) is -1.28. The number of benzene rings is 2. The zero-order chi connectivity index (χ0) is 21.0. The average molecular weight is 431 g/mol. The molecule has 1 aromatic heterocycles. The summed E-state index contributed by atoms with van der Waals surface area (Å²) in [6.45, 7) is 1.43. The lowest BCUT2D eigenvalue weighted by Crippen LogP contribution is -2.30. The molecule has 3 N–H and O–H groups in total. The summed E-state index contributed by atoms with van der Waals surface area (Å²) in [6.07, 6.45) is -1.08. The maximum atomic E-state index is 12.3. The van der Waals surface area contributed by atoms with Crippen LogP contribution < -0.4 is 10.5 Å². The molecule has 3 rings (SSSR count). The van der Waals surface area contributed by atoms with Gasteiger partial charge in [0, 0.05) is 16.6 Å². The normalized spacial score (nSPS) is 12.2. The Morgan fingerprint density at radius 1 is 1.10 bits per heavy atom. The van der Waals surface area contributed by atoms with E-state index in [0.29, 0.717) is 10.7 Å². The Labute approximate surface area is 171 Å². The summed E-state index contributed by atoms with van der Waals surface area (Å²) in [4.78, 5) is 28.7. The number of hydrogen-bond acceptors (Lipinski definition) is 7. The second kappa shape index (κ2) is 8.52. The molecule has 3 aromatic rings. The van der Waals surface area contributed by atoms with Crippen molar-refractivity contribution in [2.45, 2.75) is 17.9 Å². The number of carbonyl (C=O) groups excluding carboxylic acids is 2. The van der Waals surface area contributed by atoms with Gasteiger partial charge in [-0.15, -0.1) is 11.3 Å². The second-order valence-corrected chi connectivity index (χ2v) is 8.43. The molecule has 0 bridgehead atoms. The Hall–Kier alpha value is -3.08. The second-order valence-electron chi connectivity index (χ2n) is 6.01. The van der Waals surface area contributed by atoms with Gasteiger partial charge in [-0.3, -0.25) is 4.79 Å². The molecule has 1 atom stereocenters. The first-order valence-electron chi connectivity index (χ1n) is 8.40. The minimum absolute atomic E-state index is 0.0762. The number of hydrogen-bond donors (Lipinski definition) is 2. The van der Waals surface area contributed by atoms with E-state index in [1.807, 2.05) is 30.3 Å². The number of primary sulfonamides is 1. The number of rotatable bonds is 6. The molecule has 0 aliphatic rings. The van der Waals surface area contributed by atoms with Crippen molar-refractivity contribution in [1.82, 2.24) is 4.98 Å². The molecule has 0 saturated heterocycles. The summed E-state index contributed by atoms with van der Waals surface area (Å²) >= 11 is 1.30. The lowest BCUT2D eigenvalue weighted by molar-refractivity contribution is -0.123. The van der Waals surface area contributed by atoms with Gasteiger partial charge in [-0.05, 0) is 31.2 Å². The van der Waals surface area contributed by atoms with Crippen LogP contribution in [0.2, 0.25) is 0 Å². The van der Waals surface area contributed by atoms with Gasteiger partial charge >= 0.3 is 5.97 Å². The Morgan fingerprint density at radius 3 is 2.38 bits per heavy atom. The molecule has 150 valence electrons. The average Bonchev–Trinajstić information content (AvgIpc) is 3.19. The highest BCUT2D eigenvalue weighted by Gasteiger charge is 2.21. The number of anilines is 1. The minimum Gasteiger partial charge on any atom is -0.448 e. The van der Waals surface area contributed by atoms with Crippen LogP contribution in [0, 0.1) is 0 Å².